The number of aliphatic hydroxyl groups excluding tert-OH is 1. The van der Waals surface area contributed by atoms with Gasteiger partial charge in [0.15, 0.2) is 0 Å². The molecule has 0 bridgehead atoms. The molecule has 1 aliphatic carbocycles. The molecule has 1 rings (SSSR count). The molecule has 1 nitrogen and oxygen atoms in total. The molecule has 0 radical (unpaired) electrons. The molecule has 82 valence electrons. The van der Waals surface area contributed by atoms with Crippen molar-refractivity contribution in [2.45, 2.75) is 44.6 Å². The summed E-state index contributed by atoms with van der Waals surface area (Å²) in [6.45, 7) is 3.78. The van der Waals surface area contributed by atoms with Gasteiger partial charge in [0.2, 0.25) is 0 Å². The molecule has 1 saturated carbocycles. The standard InChI is InChI=1S/C12H21ClO/c1-2-10(8-9-13)12(14)11-6-4-3-5-7-11/h2,10-12,14H,1,3-9H2/t10-,12+/m1/s1. The van der Waals surface area contributed by atoms with Crippen LogP contribution in [0.3, 0.4) is 0 Å². The highest BCUT2D eigenvalue weighted by atomic mass is 35.5. The zero-order valence-corrected chi connectivity index (χ0v) is 9.55. The van der Waals surface area contributed by atoms with E-state index in [2.05, 4.69) is 6.58 Å². The summed E-state index contributed by atoms with van der Waals surface area (Å²) in [6.07, 6.45) is 8.72. The molecule has 0 aromatic heterocycles. The van der Waals surface area contributed by atoms with E-state index < -0.39 is 0 Å². The summed E-state index contributed by atoms with van der Waals surface area (Å²) in [5.41, 5.74) is 0. The van der Waals surface area contributed by atoms with Crippen LogP contribution < -0.4 is 0 Å². The van der Waals surface area contributed by atoms with Crippen LogP contribution >= 0.6 is 11.6 Å². The summed E-state index contributed by atoms with van der Waals surface area (Å²) < 4.78 is 0. The average Bonchev–Trinajstić information content (AvgIpc) is 2.26. The van der Waals surface area contributed by atoms with Gasteiger partial charge in [-0.05, 0) is 25.2 Å². The van der Waals surface area contributed by atoms with Gasteiger partial charge in [0, 0.05) is 11.8 Å². The van der Waals surface area contributed by atoms with Gasteiger partial charge < -0.3 is 5.11 Å². The summed E-state index contributed by atoms with van der Waals surface area (Å²) in [5.74, 6) is 1.28. The first kappa shape index (κ1) is 12.1. The van der Waals surface area contributed by atoms with E-state index in [1.165, 1.54) is 32.1 Å². The lowest BCUT2D eigenvalue weighted by atomic mass is 9.79. The molecule has 0 spiro atoms. The Morgan fingerprint density at radius 1 is 1.36 bits per heavy atom. The van der Waals surface area contributed by atoms with Crippen LogP contribution in [0.5, 0.6) is 0 Å². The summed E-state index contributed by atoms with van der Waals surface area (Å²) in [5, 5.41) is 10.1. The van der Waals surface area contributed by atoms with Crippen LogP contribution in [-0.4, -0.2) is 17.1 Å². The van der Waals surface area contributed by atoms with Crippen LogP contribution in [0.15, 0.2) is 12.7 Å². The fourth-order valence-corrected chi connectivity index (χ4v) is 2.63. The Morgan fingerprint density at radius 3 is 2.50 bits per heavy atom. The molecule has 1 aliphatic rings. The highest BCUT2D eigenvalue weighted by Gasteiger charge is 2.26. The van der Waals surface area contributed by atoms with Crippen molar-refractivity contribution in [1.82, 2.24) is 0 Å². The van der Waals surface area contributed by atoms with Gasteiger partial charge in [0.05, 0.1) is 6.10 Å². The van der Waals surface area contributed by atoms with Gasteiger partial charge in [-0.2, -0.15) is 0 Å². The molecular formula is C12H21ClO. The minimum absolute atomic E-state index is 0.190. The lowest BCUT2D eigenvalue weighted by Gasteiger charge is -2.30. The number of halogens is 1. The van der Waals surface area contributed by atoms with E-state index in [1.54, 1.807) is 0 Å². The fraction of sp³-hybridized carbons (Fsp3) is 0.833. The van der Waals surface area contributed by atoms with Crippen LogP contribution in [0.2, 0.25) is 0 Å². The topological polar surface area (TPSA) is 20.2 Å². The predicted molar refractivity (Wildman–Crippen MR) is 61.6 cm³/mol. The molecular weight excluding hydrogens is 196 g/mol. The number of hydrogen-bond donors (Lipinski definition) is 1. The van der Waals surface area contributed by atoms with E-state index in [4.69, 9.17) is 11.6 Å². The number of hydrogen-bond acceptors (Lipinski definition) is 1. The van der Waals surface area contributed by atoms with Crippen molar-refractivity contribution >= 4 is 11.6 Å². The zero-order chi connectivity index (χ0) is 10.4. The lowest BCUT2D eigenvalue weighted by molar-refractivity contribution is 0.0490. The quantitative estimate of drug-likeness (QED) is 0.552. The first-order valence-electron chi connectivity index (χ1n) is 5.66. The second-order valence-corrected chi connectivity index (χ2v) is 4.64. The van der Waals surface area contributed by atoms with Gasteiger partial charge in [-0.25, -0.2) is 0 Å². The normalized spacial score (nSPS) is 23.0. The maximum Gasteiger partial charge on any atom is 0.0631 e. The van der Waals surface area contributed by atoms with Gasteiger partial charge >= 0.3 is 0 Å². The van der Waals surface area contributed by atoms with Crippen LogP contribution in [-0.2, 0) is 0 Å². The first-order valence-corrected chi connectivity index (χ1v) is 6.19. The summed E-state index contributed by atoms with van der Waals surface area (Å²) in [6, 6.07) is 0. The maximum atomic E-state index is 10.1. The number of rotatable bonds is 5. The summed E-state index contributed by atoms with van der Waals surface area (Å²) in [4.78, 5) is 0. The molecule has 0 saturated heterocycles. The highest BCUT2D eigenvalue weighted by molar-refractivity contribution is 6.17. The minimum atomic E-state index is -0.216. The van der Waals surface area contributed by atoms with E-state index in [0.717, 1.165) is 6.42 Å². The van der Waals surface area contributed by atoms with Crippen LogP contribution in [0.4, 0.5) is 0 Å². The Labute approximate surface area is 92.2 Å². The SMILES string of the molecule is C=C[C@H](CCCl)[C@H](O)C1CCCCC1. The third-order valence-corrected chi connectivity index (χ3v) is 3.53. The zero-order valence-electron chi connectivity index (χ0n) is 8.79. The second kappa shape index (κ2) is 6.47. The molecule has 0 aliphatic heterocycles. The van der Waals surface area contributed by atoms with Crippen LogP contribution in [0.25, 0.3) is 0 Å². The van der Waals surface area contributed by atoms with Crippen molar-refractivity contribution in [3.05, 3.63) is 12.7 Å². The molecule has 0 amide bonds. The Bertz CT molecular complexity index is 164. The van der Waals surface area contributed by atoms with Crippen LogP contribution in [0, 0.1) is 11.8 Å². The Kier molecular flexibility index (Phi) is 5.57. The van der Waals surface area contributed by atoms with Gasteiger partial charge in [0.25, 0.3) is 0 Å². The van der Waals surface area contributed by atoms with Gasteiger partial charge in [-0.1, -0.05) is 25.3 Å². The molecule has 1 N–H and O–H groups in total. The van der Waals surface area contributed by atoms with Gasteiger partial charge in [0.1, 0.15) is 0 Å². The highest BCUT2D eigenvalue weighted by Crippen LogP contribution is 2.31. The lowest BCUT2D eigenvalue weighted by Crippen LogP contribution is -2.30. The van der Waals surface area contributed by atoms with Crippen LogP contribution in [0.1, 0.15) is 38.5 Å². The van der Waals surface area contributed by atoms with Crippen molar-refractivity contribution in [2.75, 3.05) is 5.88 Å². The average molecular weight is 217 g/mol. The van der Waals surface area contributed by atoms with E-state index in [0.29, 0.717) is 11.8 Å². The minimum Gasteiger partial charge on any atom is -0.392 e. The Balaban J connectivity index is 2.42. The molecule has 1 fully saturated rings. The maximum absolute atomic E-state index is 10.1. The van der Waals surface area contributed by atoms with E-state index in [-0.39, 0.29) is 12.0 Å². The third-order valence-electron chi connectivity index (χ3n) is 3.32. The predicted octanol–water partition coefficient (Wildman–Crippen LogP) is 3.36. The molecule has 0 aromatic rings. The van der Waals surface area contributed by atoms with Crippen molar-refractivity contribution in [3.8, 4) is 0 Å². The van der Waals surface area contributed by atoms with E-state index in [1.807, 2.05) is 6.08 Å². The number of aliphatic hydroxyl groups is 1. The van der Waals surface area contributed by atoms with Gasteiger partial charge in [-0.15, -0.1) is 18.2 Å². The number of alkyl halides is 1. The molecule has 2 atom stereocenters. The third kappa shape index (κ3) is 3.29. The van der Waals surface area contributed by atoms with E-state index >= 15 is 0 Å². The molecule has 2 heteroatoms. The second-order valence-electron chi connectivity index (χ2n) is 4.27. The molecule has 0 unspecified atom stereocenters. The smallest absolute Gasteiger partial charge is 0.0631 e. The summed E-state index contributed by atoms with van der Waals surface area (Å²) in [7, 11) is 0. The van der Waals surface area contributed by atoms with Crippen molar-refractivity contribution < 1.29 is 5.11 Å². The van der Waals surface area contributed by atoms with Crippen molar-refractivity contribution in [2.24, 2.45) is 11.8 Å². The molecule has 14 heavy (non-hydrogen) atoms. The van der Waals surface area contributed by atoms with Crippen molar-refractivity contribution in [3.63, 3.8) is 0 Å². The Hall–Kier alpha value is -0.0100. The summed E-state index contributed by atoms with van der Waals surface area (Å²) >= 11 is 5.70. The monoisotopic (exact) mass is 216 g/mol. The molecule has 0 aromatic carbocycles. The largest absolute Gasteiger partial charge is 0.392 e. The molecule has 0 heterocycles. The fourth-order valence-electron chi connectivity index (χ4n) is 2.38. The van der Waals surface area contributed by atoms with Gasteiger partial charge in [-0.3, -0.25) is 0 Å². The van der Waals surface area contributed by atoms with E-state index in [9.17, 15) is 5.11 Å². The first-order chi connectivity index (χ1) is 6.79. The van der Waals surface area contributed by atoms with Crippen molar-refractivity contribution in [1.29, 1.82) is 0 Å². The Morgan fingerprint density at radius 2 is 2.00 bits per heavy atom.